The molecule has 1 atom stereocenters. The molecule has 0 radical (unpaired) electrons. The lowest BCUT2D eigenvalue weighted by Crippen LogP contribution is -2.54. The fourth-order valence-electron chi connectivity index (χ4n) is 4.03. The van der Waals surface area contributed by atoms with E-state index in [-0.39, 0.29) is 24.9 Å². The van der Waals surface area contributed by atoms with Crippen molar-refractivity contribution in [2.24, 2.45) is 0 Å². The monoisotopic (exact) mass is 377 g/mol. The van der Waals surface area contributed by atoms with Gasteiger partial charge in [-0.15, -0.1) is 0 Å². The van der Waals surface area contributed by atoms with Gasteiger partial charge in [-0.25, -0.2) is 8.42 Å². The van der Waals surface area contributed by atoms with E-state index in [9.17, 15) is 18.0 Å². The summed E-state index contributed by atoms with van der Waals surface area (Å²) in [4.78, 5) is 25.7. The topological polar surface area (TPSA) is 86.8 Å². The zero-order valence-corrected chi connectivity index (χ0v) is 15.4. The molecule has 1 N–H and O–H groups in total. The quantitative estimate of drug-likeness (QED) is 0.820. The van der Waals surface area contributed by atoms with Crippen LogP contribution in [0.4, 0.5) is 0 Å². The highest BCUT2D eigenvalue weighted by Gasteiger charge is 2.35. The van der Waals surface area contributed by atoms with Gasteiger partial charge in [-0.05, 0) is 48.9 Å². The maximum absolute atomic E-state index is 12.9. The van der Waals surface area contributed by atoms with E-state index in [0.717, 1.165) is 24.8 Å². The van der Waals surface area contributed by atoms with Gasteiger partial charge in [0.2, 0.25) is 21.8 Å². The molecule has 2 aliphatic heterocycles. The molecule has 1 aliphatic carbocycles. The lowest BCUT2D eigenvalue weighted by molar-refractivity contribution is -0.135. The molecule has 1 aromatic carbocycles. The molecule has 26 heavy (non-hydrogen) atoms. The molecule has 0 saturated carbocycles. The highest BCUT2D eigenvalue weighted by atomic mass is 32.2. The molecule has 0 aromatic heterocycles. The third kappa shape index (κ3) is 3.12. The molecular weight excluding hydrogens is 354 g/mol. The maximum atomic E-state index is 12.9. The van der Waals surface area contributed by atoms with Crippen LogP contribution in [0.2, 0.25) is 0 Å². The minimum absolute atomic E-state index is 0.0961. The number of hydrogen-bond acceptors (Lipinski definition) is 4. The summed E-state index contributed by atoms with van der Waals surface area (Å²) in [5.41, 5.74) is 2.38. The summed E-state index contributed by atoms with van der Waals surface area (Å²) < 4.78 is 27.3. The average molecular weight is 377 g/mol. The number of fused-ring (bicyclic) bond motifs is 1. The molecule has 140 valence electrons. The van der Waals surface area contributed by atoms with Crippen LogP contribution in [-0.2, 0) is 32.5 Å². The van der Waals surface area contributed by atoms with Crippen LogP contribution in [0, 0.1) is 0 Å². The normalized spacial score (nSPS) is 23.8. The van der Waals surface area contributed by atoms with E-state index < -0.39 is 16.1 Å². The molecule has 2 fully saturated rings. The van der Waals surface area contributed by atoms with E-state index in [1.807, 2.05) is 12.1 Å². The van der Waals surface area contributed by atoms with E-state index in [4.69, 9.17) is 0 Å². The first-order valence-corrected chi connectivity index (χ1v) is 10.6. The molecule has 4 rings (SSSR count). The van der Waals surface area contributed by atoms with E-state index >= 15 is 0 Å². The largest absolute Gasteiger partial charge is 0.344 e. The first kappa shape index (κ1) is 17.5. The molecule has 7 nitrogen and oxygen atoms in total. The molecule has 3 aliphatic rings. The van der Waals surface area contributed by atoms with Gasteiger partial charge in [-0.3, -0.25) is 9.59 Å². The van der Waals surface area contributed by atoms with Crippen LogP contribution >= 0.6 is 0 Å². The van der Waals surface area contributed by atoms with Gasteiger partial charge in [-0.1, -0.05) is 6.07 Å². The Morgan fingerprint density at radius 1 is 1.04 bits per heavy atom. The predicted octanol–water partition coefficient (Wildman–Crippen LogP) is 0.287. The summed E-state index contributed by atoms with van der Waals surface area (Å²) >= 11 is 0. The second kappa shape index (κ2) is 6.66. The van der Waals surface area contributed by atoms with Gasteiger partial charge < -0.3 is 10.2 Å². The SMILES string of the molecule is O=C1CC[C@H](C(=O)N2CCN(S(=O)(=O)c3ccc4c(c3)CCC4)CC2)N1. The zero-order valence-electron chi connectivity index (χ0n) is 14.6. The van der Waals surface area contributed by atoms with E-state index in [0.29, 0.717) is 30.8 Å². The third-order valence-electron chi connectivity index (χ3n) is 5.55. The van der Waals surface area contributed by atoms with Crippen molar-refractivity contribution in [1.82, 2.24) is 14.5 Å². The summed E-state index contributed by atoms with van der Waals surface area (Å²) in [6, 6.07) is 4.98. The van der Waals surface area contributed by atoms with Crippen molar-refractivity contribution in [2.75, 3.05) is 26.2 Å². The molecule has 2 amide bonds. The van der Waals surface area contributed by atoms with Crippen molar-refractivity contribution in [1.29, 1.82) is 0 Å². The second-order valence-electron chi connectivity index (χ2n) is 7.17. The molecule has 1 aromatic rings. The minimum Gasteiger partial charge on any atom is -0.344 e. The maximum Gasteiger partial charge on any atom is 0.245 e. The summed E-state index contributed by atoms with van der Waals surface area (Å²) in [5.74, 6) is -0.202. The Kier molecular flexibility index (Phi) is 4.48. The smallest absolute Gasteiger partial charge is 0.245 e. The van der Waals surface area contributed by atoms with Crippen molar-refractivity contribution in [3.05, 3.63) is 29.3 Å². The first-order valence-electron chi connectivity index (χ1n) is 9.15. The number of carbonyl (C=O) groups is 2. The van der Waals surface area contributed by atoms with Crippen LogP contribution in [0.25, 0.3) is 0 Å². The van der Waals surface area contributed by atoms with Crippen molar-refractivity contribution in [3.8, 4) is 0 Å². The Bertz CT molecular complexity index is 844. The Hall–Kier alpha value is -1.93. The Morgan fingerprint density at radius 2 is 1.77 bits per heavy atom. The lowest BCUT2D eigenvalue weighted by atomic mass is 10.1. The standard InChI is InChI=1S/C18H23N3O4S/c22-17-7-6-16(19-17)18(23)20-8-10-21(11-9-20)26(24,25)15-5-4-13-2-1-3-14(13)12-15/h4-5,12,16H,1-3,6-11H2,(H,19,22)/t16-/m1/s1. The minimum atomic E-state index is -3.53. The number of sulfonamides is 1. The first-order chi connectivity index (χ1) is 12.4. The van der Waals surface area contributed by atoms with Crippen LogP contribution in [0.5, 0.6) is 0 Å². The van der Waals surface area contributed by atoms with Crippen LogP contribution in [0.3, 0.4) is 0 Å². The molecule has 2 saturated heterocycles. The van der Waals surface area contributed by atoms with Gasteiger partial charge >= 0.3 is 0 Å². The third-order valence-corrected chi connectivity index (χ3v) is 7.45. The van der Waals surface area contributed by atoms with E-state index in [2.05, 4.69) is 5.32 Å². The van der Waals surface area contributed by atoms with E-state index in [1.165, 1.54) is 9.87 Å². The predicted molar refractivity (Wildman–Crippen MR) is 95.0 cm³/mol. The Morgan fingerprint density at radius 3 is 2.46 bits per heavy atom. The number of hydrogen-bond donors (Lipinski definition) is 1. The molecule has 0 spiro atoms. The summed E-state index contributed by atoms with van der Waals surface area (Å²) in [6.45, 7) is 1.28. The highest BCUT2D eigenvalue weighted by molar-refractivity contribution is 7.89. The van der Waals surface area contributed by atoms with Gasteiger partial charge in [0.1, 0.15) is 6.04 Å². The molecular formula is C18H23N3O4S. The number of rotatable bonds is 3. The van der Waals surface area contributed by atoms with E-state index in [1.54, 1.807) is 11.0 Å². The van der Waals surface area contributed by atoms with Crippen LogP contribution in [-0.4, -0.2) is 61.7 Å². The lowest BCUT2D eigenvalue weighted by Gasteiger charge is -2.35. The molecule has 0 unspecified atom stereocenters. The van der Waals surface area contributed by atoms with Crippen molar-refractivity contribution >= 4 is 21.8 Å². The highest BCUT2D eigenvalue weighted by Crippen LogP contribution is 2.27. The van der Waals surface area contributed by atoms with Gasteiger partial charge in [0.05, 0.1) is 4.90 Å². The average Bonchev–Trinajstić information content (AvgIpc) is 3.29. The van der Waals surface area contributed by atoms with Gasteiger partial charge in [0.25, 0.3) is 0 Å². The zero-order chi connectivity index (χ0) is 18.3. The van der Waals surface area contributed by atoms with Crippen LogP contribution in [0.15, 0.2) is 23.1 Å². The fraction of sp³-hybridized carbons (Fsp3) is 0.556. The number of piperazine rings is 1. The van der Waals surface area contributed by atoms with Gasteiger partial charge in [0, 0.05) is 32.6 Å². The molecule has 0 bridgehead atoms. The summed E-state index contributed by atoms with van der Waals surface area (Å²) in [6.07, 6.45) is 3.94. The van der Waals surface area contributed by atoms with Crippen molar-refractivity contribution < 1.29 is 18.0 Å². The second-order valence-corrected chi connectivity index (χ2v) is 9.11. The molecule has 8 heteroatoms. The number of nitrogens with zero attached hydrogens (tertiary/aromatic N) is 2. The summed E-state index contributed by atoms with van der Waals surface area (Å²) in [7, 11) is -3.53. The number of benzene rings is 1. The van der Waals surface area contributed by atoms with Crippen LogP contribution in [0.1, 0.15) is 30.4 Å². The van der Waals surface area contributed by atoms with Crippen LogP contribution < -0.4 is 5.32 Å². The number of amides is 2. The van der Waals surface area contributed by atoms with Gasteiger partial charge in [0.15, 0.2) is 0 Å². The molecule has 2 heterocycles. The Labute approximate surface area is 153 Å². The van der Waals surface area contributed by atoms with Gasteiger partial charge in [-0.2, -0.15) is 4.31 Å². The van der Waals surface area contributed by atoms with Crippen molar-refractivity contribution in [2.45, 2.75) is 43.0 Å². The number of nitrogens with one attached hydrogen (secondary N) is 1. The summed E-state index contributed by atoms with van der Waals surface area (Å²) in [5, 5.41) is 2.68. The number of carbonyl (C=O) groups excluding carboxylic acids is 2. The van der Waals surface area contributed by atoms with Crippen molar-refractivity contribution in [3.63, 3.8) is 0 Å². The fourth-order valence-corrected chi connectivity index (χ4v) is 5.50. The Balaban J connectivity index is 1.42. The number of aryl methyl sites for hydroxylation is 2.